The molecule has 2 aromatic rings. The molecule has 4 nitrogen and oxygen atoms in total. The molecule has 2 rings (SSSR count). The molecule has 22 heavy (non-hydrogen) atoms. The fraction of sp³-hybridized carbons (Fsp3) is 0.133. The van der Waals surface area contributed by atoms with Crippen molar-refractivity contribution in [3.63, 3.8) is 0 Å². The van der Waals surface area contributed by atoms with Crippen LogP contribution in [0.2, 0.25) is 10.0 Å². The van der Waals surface area contributed by atoms with Gasteiger partial charge in [-0.2, -0.15) is 0 Å². The minimum absolute atomic E-state index is 0.123. The van der Waals surface area contributed by atoms with Gasteiger partial charge in [0.2, 0.25) is 0 Å². The van der Waals surface area contributed by atoms with Crippen molar-refractivity contribution in [2.75, 3.05) is 11.9 Å². The summed E-state index contributed by atoms with van der Waals surface area (Å²) in [5.74, 6) is -0.526. The number of aliphatic hydroxyl groups excluding tert-OH is 1. The van der Waals surface area contributed by atoms with Gasteiger partial charge < -0.3 is 15.7 Å². The minimum Gasteiger partial charge on any atom is -0.386 e. The maximum absolute atomic E-state index is 13.5. The van der Waals surface area contributed by atoms with Gasteiger partial charge in [-0.1, -0.05) is 41.4 Å². The lowest BCUT2D eigenvalue weighted by Gasteiger charge is -2.13. The fourth-order valence-corrected chi connectivity index (χ4v) is 2.09. The van der Waals surface area contributed by atoms with Crippen molar-refractivity contribution in [1.82, 2.24) is 5.32 Å². The molecule has 3 N–H and O–H groups in total. The number of nitrogens with one attached hydrogen (secondary N) is 2. The van der Waals surface area contributed by atoms with Crippen LogP contribution in [-0.4, -0.2) is 17.7 Å². The van der Waals surface area contributed by atoms with E-state index in [1.807, 2.05) is 0 Å². The lowest BCUT2D eigenvalue weighted by atomic mass is 10.1. The molecule has 0 saturated heterocycles. The van der Waals surface area contributed by atoms with Gasteiger partial charge in [0.05, 0.1) is 16.1 Å². The number of benzene rings is 2. The van der Waals surface area contributed by atoms with Crippen LogP contribution in [0.4, 0.5) is 14.9 Å². The van der Waals surface area contributed by atoms with E-state index >= 15 is 0 Å². The van der Waals surface area contributed by atoms with Crippen molar-refractivity contribution >= 4 is 34.9 Å². The van der Waals surface area contributed by atoms with E-state index in [1.165, 1.54) is 24.3 Å². The zero-order valence-electron chi connectivity index (χ0n) is 11.3. The van der Waals surface area contributed by atoms with Crippen molar-refractivity contribution < 1.29 is 14.3 Å². The number of hydrogen-bond acceptors (Lipinski definition) is 2. The van der Waals surface area contributed by atoms with E-state index in [0.29, 0.717) is 15.7 Å². The van der Waals surface area contributed by atoms with E-state index in [4.69, 9.17) is 23.2 Å². The van der Waals surface area contributed by atoms with Crippen molar-refractivity contribution in [3.05, 3.63) is 63.9 Å². The average Bonchev–Trinajstić information content (AvgIpc) is 2.49. The van der Waals surface area contributed by atoms with Gasteiger partial charge in [-0.15, -0.1) is 0 Å². The molecule has 0 aliphatic carbocycles. The highest BCUT2D eigenvalue weighted by Gasteiger charge is 2.13. The van der Waals surface area contributed by atoms with E-state index in [2.05, 4.69) is 10.6 Å². The van der Waals surface area contributed by atoms with E-state index in [-0.39, 0.29) is 12.1 Å². The van der Waals surface area contributed by atoms with E-state index in [9.17, 15) is 14.3 Å². The molecule has 116 valence electrons. The predicted octanol–water partition coefficient (Wildman–Crippen LogP) is 3.99. The van der Waals surface area contributed by atoms with Crippen LogP contribution < -0.4 is 10.6 Å². The van der Waals surface area contributed by atoms with E-state index in [1.54, 1.807) is 18.2 Å². The number of amides is 2. The number of urea groups is 1. The summed E-state index contributed by atoms with van der Waals surface area (Å²) in [6.45, 7) is -0.131. The number of halogens is 3. The summed E-state index contributed by atoms with van der Waals surface area (Å²) in [5, 5.41) is 15.5. The van der Waals surface area contributed by atoms with Gasteiger partial charge in [0.1, 0.15) is 5.82 Å². The standard InChI is InChI=1S/C15H13Cl2FN2O2/c16-11-6-5-9(7-12(11)17)20-15(22)19-8-14(21)10-3-1-2-4-13(10)18/h1-7,14,21H,8H2,(H2,19,20,22)/t14-/m0/s1. The summed E-state index contributed by atoms with van der Waals surface area (Å²) < 4.78 is 13.5. The molecule has 0 bridgehead atoms. The summed E-state index contributed by atoms with van der Waals surface area (Å²) in [7, 11) is 0. The Kier molecular flexibility index (Phi) is 5.60. The molecular weight excluding hydrogens is 330 g/mol. The maximum Gasteiger partial charge on any atom is 0.319 e. The summed E-state index contributed by atoms with van der Waals surface area (Å²) in [5.41, 5.74) is 0.574. The van der Waals surface area contributed by atoms with Crippen LogP contribution in [0, 0.1) is 5.82 Å². The van der Waals surface area contributed by atoms with Crippen molar-refractivity contribution in [2.24, 2.45) is 0 Å². The number of anilines is 1. The highest BCUT2D eigenvalue weighted by Crippen LogP contribution is 2.25. The summed E-state index contributed by atoms with van der Waals surface area (Å²) >= 11 is 11.6. The Morgan fingerprint density at radius 2 is 1.91 bits per heavy atom. The summed E-state index contributed by atoms with van der Waals surface area (Å²) in [6.07, 6.45) is -1.14. The summed E-state index contributed by atoms with van der Waals surface area (Å²) in [4.78, 5) is 11.7. The molecule has 0 spiro atoms. The molecule has 0 saturated carbocycles. The van der Waals surface area contributed by atoms with Gasteiger partial charge in [0.25, 0.3) is 0 Å². The van der Waals surface area contributed by atoms with Crippen LogP contribution in [0.3, 0.4) is 0 Å². The first-order chi connectivity index (χ1) is 10.5. The highest BCUT2D eigenvalue weighted by atomic mass is 35.5. The zero-order chi connectivity index (χ0) is 16.1. The molecule has 0 radical (unpaired) electrons. The quantitative estimate of drug-likeness (QED) is 0.786. The van der Waals surface area contributed by atoms with Crippen molar-refractivity contribution in [2.45, 2.75) is 6.10 Å². The molecule has 0 fully saturated rings. The Morgan fingerprint density at radius 1 is 1.18 bits per heavy atom. The monoisotopic (exact) mass is 342 g/mol. The molecule has 1 atom stereocenters. The molecule has 7 heteroatoms. The van der Waals surface area contributed by atoms with Gasteiger partial charge in [-0.3, -0.25) is 0 Å². The number of carbonyl (C=O) groups excluding carboxylic acids is 1. The second-order valence-electron chi connectivity index (χ2n) is 4.50. The number of rotatable bonds is 4. The van der Waals surface area contributed by atoms with Crippen molar-refractivity contribution in [1.29, 1.82) is 0 Å². The van der Waals surface area contributed by atoms with Crippen LogP contribution >= 0.6 is 23.2 Å². The van der Waals surface area contributed by atoms with E-state index in [0.717, 1.165) is 0 Å². The minimum atomic E-state index is -1.14. The van der Waals surface area contributed by atoms with Gasteiger partial charge >= 0.3 is 6.03 Å². The van der Waals surface area contributed by atoms with Crippen LogP contribution in [0.25, 0.3) is 0 Å². The first kappa shape index (κ1) is 16.5. The fourth-order valence-electron chi connectivity index (χ4n) is 1.79. The Bertz CT molecular complexity index is 682. The van der Waals surface area contributed by atoms with Crippen molar-refractivity contribution in [3.8, 4) is 0 Å². The number of carbonyl (C=O) groups is 1. The topological polar surface area (TPSA) is 61.4 Å². The molecule has 0 aliphatic rings. The Morgan fingerprint density at radius 3 is 2.59 bits per heavy atom. The van der Waals surface area contributed by atoms with Crippen LogP contribution in [0.15, 0.2) is 42.5 Å². The molecular formula is C15H13Cl2FN2O2. The summed E-state index contributed by atoms with van der Waals surface area (Å²) in [6, 6.07) is 9.92. The SMILES string of the molecule is O=C(NC[C@H](O)c1ccccc1F)Nc1ccc(Cl)c(Cl)c1. The number of hydrogen-bond donors (Lipinski definition) is 3. The normalized spacial score (nSPS) is 11.8. The molecule has 0 aromatic heterocycles. The zero-order valence-corrected chi connectivity index (χ0v) is 12.8. The second kappa shape index (κ2) is 7.45. The Labute approximate surface area is 136 Å². The van der Waals surface area contributed by atoms with Gasteiger partial charge in [0, 0.05) is 17.8 Å². The Balaban J connectivity index is 1.90. The molecule has 0 unspecified atom stereocenters. The predicted molar refractivity (Wildman–Crippen MR) is 84.8 cm³/mol. The van der Waals surface area contributed by atoms with Crippen LogP contribution in [0.1, 0.15) is 11.7 Å². The third kappa shape index (κ3) is 4.34. The van der Waals surface area contributed by atoms with E-state index < -0.39 is 18.0 Å². The second-order valence-corrected chi connectivity index (χ2v) is 5.32. The molecule has 2 aromatic carbocycles. The third-order valence-corrected chi connectivity index (χ3v) is 3.64. The third-order valence-electron chi connectivity index (χ3n) is 2.90. The first-order valence-corrected chi connectivity index (χ1v) is 7.15. The molecule has 2 amide bonds. The van der Waals surface area contributed by atoms with Gasteiger partial charge in [0.15, 0.2) is 0 Å². The van der Waals surface area contributed by atoms with Crippen LogP contribution in [-0.2, 0) is 0 Å². The Hall–Kier alpha value is -1.82. The van der Waals surface area contributed by atoms with Gasteiger partial charge in [-0.25, -0.2) is 9.18 Å². The smallest absolute Gasteiger partial charge is 0.319 e. The first-order valence-electron chi connectivity index (χ1n) is 6.40. The number of aliphatic hydroxyl groups is 1. The lowest BCUT2D eigenvalue weighted by Crippen LogP contribution is -2.32. The highest BCUT2D eigenvalue weighted by molar-refractivity contribution is 6.42. The molecule has 0 aliphatic heterocycles. The van der Waals surface area contributed by atoms with Crippen LogP contribution in [0.5, 0.6) is 0 Å². The van der Waals surface area contributed by atoms with Gasteiger partial charge in [-0.05, 0) is 24.3 Å². The average molecular weight is 343 g/mol. The lowest BCUT2D eigenvalue weighted by molar-refractivity contribution is 0.170. The largest absolute Gasteiger partial charge is 0.386 e. The molecule has 0 heterocycles. The maximum atomic E-state index is 13.5.